The molecule has 1 aromatic rings. The molecule has 0 radical (unpaired) electrons. The van der Waals surface area contributed by atoms with Crippen LogP contribution < -0.4 is 5.32 Å². The molecular weight excluding hydrogens is 268 g/mol. The maximum atomic E-state index is 12.6. The van der Waals surface area contributed by atoms with E-state index < -0.39 is 0 Å². The molecule has 2 unspecified atom stereocenters. The Kier molecular flexibility index (Phi) is 4.20. The van der Waals surface area contributed by atoms with Gasteiger partial charge in [-0.1, -0.05) is 30.3 Å². The van der Waals surface area contributed by atoms with E-state index >= 15 is 0 Å². The van der Waals surface area contributed by atoms with Crippen molar-refractivity contribution in [2.75, 3.05) is 19.8 Å². The minimum Gasteiger partial charge on any atom is -0.377 e. The minimum absolute atomic E-state index is 0.0266. The number of morpholine rings is 1. The summed E-state index contributed by atoms with van der Waals surface area (Å²) in [5, 5.41) is 2.76. The van der Waals surface area contributed by atoms with Crippen LogP contribution in [-0.2, 0) is 20.7 Å². The van der Waals surface area contributed by atoms with Crippen LogP contribution >= 0.6 is 0 Å². The molecule has 112 valence electrons. The summed E-state index contributed by atoms with van der Waals surface area (Å²) in [7, 11) is 0. The minimum atomic E-state index is -0.353. The van der Waals surface area contributed by atoms with Gasteiger partial charge in [-0.3, -0.25) is 9.59 Å². The van der Waals surface area contributed by atoms with Crippen LogP contribution in [0.2, 0.25) is 0 Å². The second-order valence-electron chi connectivity index (χ2n) is 5.61. The molecule has 0 aromatic heterocycles. The van der Waals surface area contributed by atoms with Gasteiger partial charge >= 0.3 is 0 Å². The molecule has 0 bridgehead atoms. The number of carbonyl (C=O) groups excluding carboxylic acids is 2. The molecular formula is C16H20N2O3. The molecule has 2 aliphatic rings. The zero-order valence-electron chi connectivity index (χ0n) is 12.0. The first-order chi connectivity index (χ1) is 10.2. The number of rotatable bonds is 3. The first kappa shape index (κ1) is 14.1. The number of carbonyl (C=O) groups is 2. The number of nitrogens with one attached hydrogen (secondary N) is 1. The number of nitrogens with zero attached hydrogens (tertiary/aromatic N) is 1. The van der Waals surface area contributed by atoms with Crippen molar-refractivity contribution in [1.29, 1.82) is 0 Å². The summed E-state index contributed by atoms with van der Waals surface area (Å²) in [4.78, 5) is 25.8. The van der Waals surface area contributed by atoms with Gasteiger partial charge in [-0.15, -0.1) is 0 Å². The van der Waals surface area contributed by atoms with Crippen LogP contribution in [0.15, 0.2) is 30.3 Å². The Morgan fingerprint density at radius 3 is 2.86 bits per heavy atom. The number of hydrogen-bond acceptors (Lipinski definition) is 3. The Morgan fingerprint density at radius 2 is 2.14 bits per heavy atom. The molecule has 21 heavy (non-hydrogen) atoms. The third-order valence-electron chi connectivity index (χ3n) is 4.12. The summed E-state index contributed by atoms with van der Waals surface area (Å²) in [5.41, 5.74) is 1.20. The van der Waals surface area contributed by atoms with Crippen molar-refractivity contribution in [2.24, 2.45) is 0 Å². The van der Waals surface area contributed by atoms with Gasteiger partial charge in [-0.25, -0.2) is 0 Å². The maximum absolute atomic E-state index is 12.6. The topological polar surface area (TPSA) is 58.6 Å². The molecule has 2 amide bonds. The quantitative estimate of drug-likeness (QED) is 0.892. The lowest BCUT2D eigenvalue weighted by molar-refractivity contribution is -0.142. The lowest BCUT2D eigenvalue weighted by atomic mass is 10.0. The van der Waals surface area contributed by atoms with E-state index in [4.69, 9.17) is 4.74 Å². The fraction of sp³-hybridized carbons (Fsp3) is 0.500. The number of amides is 2. The van der Waals surface area contributed by atoms with E-state index in [2.05, 4.69) is 17.4 Å². The van der Waals surface area contributed by atoms with E-state index in [1.54, 1.807) is 0 Å². The molecule has 2 saturated heterocycles. The first-order valence-corrected chi connectivity index (χ1v) is 7.45. The van der Waals surface area contributed by atoms with Crippen molar-refractivity contribution in [1.82, 2.24) is 10.2 Å². The second-order valence-corrected chi connectivity index (χ2v) is 5.61. The summed E-state index contributed by atoms with van der Waals surface area (Å²) < 4.78 is 5.54. The summed E-state index contributed by atoms with van der Waals surface area (Å²) in [6, 6.07) is 9.81. The number of hydrogen-bond donors (Lipinski definition) is 1. The monoisotopic (exact) mass is 288 g/mol. The maximum Gasteiger partial charge on any atom is 0.245 e. The molecule has 5 heteroatoms. The van der Waals surface area contributed by atoms with Gasteiger partial charge in [0.2, 0.25) is 11.8 Å². The van der Waals surface area contributed by atoms with Crippen molar-refractivity contribution in [3.8, 4) is 0 Å². The highest BCUT2D eigenvalue weighted by Crippen LogP contribution is 2.17. The SMILES string of the molecule is O=C1CCC(C(=O)N2CCOCC2Cc2ccccc2)N1. The predicted octanol–water partition coefficient (Wildman–Crippen LogP) is 0.735. The molecule has 2 fully saturated rings. The van der Waals surface area contributed by atoms with Gasteiger partial charge in [0.25, 0.3) is 0 Å². The summed E-state index contributed by atoms with van der Waals surface area (Å²) in [5.74, 6) is 0.00583. The van der Waals surface area contributed by atoms with Gasteiger partial charge in [0.1, 0.15) is 6.04 Å². The van der Waals surface area contributed by atoms with Crippen molar-refractivity contribution in [3.05, 3.63) is 35.9 Å². The van der Waals surface area contributed by atoms with Gasteiger partial charge in [0.05, 0.1) is 19.3 Å². The van der Waals surface area contributed by atoms with E-state index in [0.717, 1.165) is 6.42 Å². The van der Waals surface area contributed by atoms with Gasteiger partial charge in [0, 0.05) is 13.0 Å². The average molecular weight is 288 g/mol. The van der Waals surface area contributed by atoms with Crippen LogP contribution in [0.3, 0.4) is 0 Å². The van der Waals surface area contributed by atoms with E-state index in [9.17, 15) is 9.59 Å². The van der Waals surface area contributed by atoms with E-state index in [0.29, 0.717) is 32.6 Å². The molecule has 2 aliphatic heterocycles. The Morgan fingerprint density at radius 1 is 1.33 bits per heavy atom. The normalized spacial score (nSPS) is 25.7. The first-order valence-electron chi connectivity index (χ1n) is 7.45. The third-order valence-corrected chi connectivity index (χ3v) is 4.12. The Hall–Kier alpha value is -1.88. The molecule has 2 atom stereocenters. The van der Waals surface area contributed by atoms with Crippen molar-refractivity contribution in [2.45, 2.75) is 31.3 Å². The zero-order chi connectivity index (χ0) is 14.7. The smallest absolute Gasteiger partial charge is 0.245 e. The van der Waals surface area contributed by atoms with Crippen LogP contribution in [0.5, 0.6) is 0 Å². The number of benzene rings is 1. The van der Waals surface area contributed by atoms with Crippen LogP contribution in [0.1, 0.15) is 18.4 Å². The molecule has 1 aromatic carbocycles. The van der Waals surface area contributed by atoms with Gasteiger partial charge < -0.3 is 15.0 Å². The van der Waals surface area contributed by atoms with Crippen LogP contribution in [0.25, 0.3) is 0 Å². The fourth-order valence-electron chi connectivity index (χ4n) is 3.00. The highest BCUT2D eigenvalue weighted by Gasteiger charge is 2.35. The van der Waals surface area contributed by atoms with Crippen molar-refractivity contribution in [3.63, 3.8) is 0 Å². The molecule has 2 heterocycles. The van der Waals surface area contributed by atoms with E-state index in [1.165, 1.54) is 5.56 Å². The molecule has 3 rings (SSSR count). The fourth-order valence-corrected chi connectivity index (χ4v) is 3.00. The molecule has 0 aliphatic carbocycles. The molecule has 1 N–H and O–H groups in total. The molecule has 0 spiro atoms. The lowest BCUT2D eigenvalue weighted by Crippen LogP contribution is -2.54. The Bertz CT molecular complexity index is 518. The summed E-state index contributed by atoms with van der Waals surface area (Å²) >= 11 is 0. The molecule has 5 nitrogen and oxygen atoms in total. The lowest BCUT2D eigenvalue weighted by Gasteiger charge is -2.37. The second kappa shape index (κ2) is 6.26. The Labute approximate surface area is 124 Å². The zero-order valence-corrected chi connectivity index (χ0v) is 12.0. The van der Waals surface area contributed by atoms with Crippen LogP contribution in [0.4, 0.5) is 0 Å². The standard InChI is InChI=1S/C16H20N2O3/c19-15-7-6-14(17-15)16(20)18-8-9-21-11-13(18)10-12-4-2-1-3-5-12/h1-5,13-14H,6-11H2,(H,17,19). The largest absolute Gasteiger partial charge is 0.377 e. The van der Waals surface area contributed by atoms with Gasteiger partial charge in [-0.2, -0.15) is 0 Å². The summed E-state index contributed by atoms with van der Waals surface area (Å²) in [6.07, 6.45) is 1.84. The van der Waals surface area contributed by atoms with Crippen molar-refractivity contribution >= 4 is 11.8 Å². The third kappa shape index (κ3) is 3.24. The molecule has 0 saturated carbocycles. The van der Waals surface area contributed by atoms with Gasteiger partial charge in [-0.05, 0) is 18.4 Å². The highest BCUT2D eigenvalue weighted by atomic mass is 16.5. The van der Waals surface area contributed by atoms with Crippen LogP contribution in [0, 0.1) is 0 Å². The van der Waals surface area contributed by atoms with Crippen LogP contribution in [-0.4, -0.2) is 48.6 Å². The summed E-state index contributed by atoms with van der Waals surface area (Å²) in [6.45, 7) is 1.72. The number of ether oxygens (including phenoxy) is 1. The highest BCUT2D eigenvalue weighted by molar-refractivity contribution is 5.91. The van der Waals surface area contributed by atoms with E-state index in [-0.39, 0.29) is 23.9 Å². The van der Waals surface area contributed by atoms with Gasteiger partial charge in [0.15, 0.2) is 0 Å². The van der Waals surface area contributed by atoms with E-state index in [1.807, 2.05) is 23.1 Å². The van der Waals surface area contributed by atoms with Crippen molar-refractivity contribution < 1.29 is 14.3 Å². The Balaban J connectivity index is 1.69. The average Bonchev–Trinajstić information content (AvgIpc) is 2.95. The predicted molar refractivity (Wildman–Crippen MR) is 77.6 cm³/mol.